The molecule has 0 aliphatic heterocycles. The van der Waals surface area contributed by atoms with Gasteiger partial charge in [-0.2, -0.15) is 0 Å². The van der Waals surface area contributed by atoms with E-state index in [0.717, 1.165) is 31.4 Å². The average Bonchev–Trinajstić information content (AvgIpc) is 2.54. The van der Waals surface area contributed by atoms with Crippen molar-refractivity contribution in [2.75, 3.05) is 11.9 Å². The van der Waals surface area contributed by atoms with Crippen molar-refractivity contribution >= 4 is 17.5 Å². The molecule has 2 aliphatic rings. The highest BCUT2D eigenvalue weighted by atomic mass is 16.2. The molecule has 1 aromatic rings. The van der Waals surface area contributed by atoms with Crippen LogP contribution < -0.4 is 10.6 Å². The Hall–Kier alpha value is -2.10. The van der Waals surface area contributed by atoms with Crippen LogP contribution >= 0.6 is 0 Å². The Morgan fingerprint density at radius 2 is 1.83 bits per heavy atom. The van der Waals surface area contributed by atoms with Crippen molar-refractivity contribution < 1.29 is 9.59 Å². The van der Waals surface area contributed by atoms with Crippen LogP contribution in [0, 0.1) is 5.92 Å². The molecule has 0 spiro atoms. The van der Waals surface area contributed by atoms with Crippen LogP contribution in [0.1, 0.15) is 61.7 Å². The molecule has 0 aromatic heterocycles. The van der Waals surface area contributed by atoms with E-state index in [1.165, 1.54) is 31.3 Å². The zero-order valence-electron chi connectivity index (χ0n) is 14.1. The normalized spacial score (nSPS) is 17.6. The van der Waals surface area contributed by atoms with E-state index in [4.69, 9.17) is 0 Å². The molecule has 1 fully saturated rings. The summed E-state index contributed by atoms with van der Waals surface area (Å²) in [5.41, 5.74) is 2.86. The van der Waals surface area contributed by atoms with Crippen molar-refractivity contribution in [2.24, 2.45) is 5.92 Å². The standard InChI is InChI=1S/C20H26N2O2/c23-19(21-14-13-15-5-2-1-3-6-15)17-9-11-18(12-10-17)22-20(24)16-7-4-8-16/h5,9-12,16H,1-4,6-8,13-14H2,(H,21,23)(H,22,24). The predicted molar refractivity (Wildman–Crippen MR) is 95.9 cm³/mol. The number of benzene rings is 1. The van der Waals surface area contributed by atoms with Gasteiger partial charge >= 0.3 is 0 Å². The maximum absolute atomic E-state index is 12.2. The molecule has 0 heterocycles. The highest BCUT2D eigenvalue weighted by molar-refractivity contribution is 5.96. The van der Waals surface area contributed by atoms with Crippen molar-refractivity contribution in [1.82, 2.24) is 5.32 Å². The van der Waals surface area contributed by atoms with Gasteiger partial charge in [0.05, 0.1) is 0 Å². The second-order valence-electron chi connectivity index (χ2n) is 6.81. The fraction of sp³-hybridized carbons (Fsp3) is 0.500. The Balaban J connectivity index is 1.44. The Labute approximate surface area is 143 Å². The molecule has 2 N–H and O–H groups in total. The summed E-state index contributed by atoms with van der Waals surface area (Å²) in [7, 11) is 0. The molecule has 3 rings (SSSR count). The lowest BCUT2D eigenvalue weighted by molar-refractivity contribution is -0.122. The van der Waals surface area contributed by atoms with Crippen molar-refractivity contribution in [1.29, 1.82) is 0 Å². The molecule has 1 saturated carbocycles. The first-order chi connectivity index (χ1) is 11.7. The number of amides is 2. The molecule has 0 unspecified atom stereocenters. The highest BCUT2D eigenvalue weighted by Crippen LogP contribution is 2.27. The zero-order chi connectivity index (χ0) is 16.8. The van der Waals surface area contributed by atoms with E-state index in [2.05, 4.69) is 16.7 Å². The van der Waals surface area contributed by atoms with Gasteiger partial charge in [-0.05, 0) is 69.2 Å². The van der Waals surface area contributed by atoms with Crippen molar-refractivity contribution in [2.45, 2.75) is 51.4 Å². The van der Waals surface area contributed by atoms with Crippen LogP contribution in [0.4, 0.5) is 5.69 Å². The minimum atomic E-state index is -0.0525. The lowest BCUT2D eigenvalue weighted by Gasteiger charge is -2.24. The van der Waals surface area contributed by atoms with Crippen LogP contribution in [0.25, 0.3) is 0 Å². The minimum Gasteiger partial charge on any atom is -0.352 e. The largest absolute Gasteiger partial charge is 0.352 e. The average molecular weight is 326 g/mol. The van der Waals surface area contributed by atoms with Gasteiger partial charge in [0.15, 0.2) is 0 Å². The summed E-state index contributed by atoms with van der Waals surface area (Å²) in [5, 5.41) is 5.89. The number of carbonyl (C=O) groups excluding carboxylic acids is 2. The number of rotatable bonds is 6. The van der Waals surface area contributed by atoms with E-state index in [9.17, 15) is 9.59 Å². The van der Waals surface area contributed by atoms with Gasteiger partial charge in [-0.25, -0.2) is 0 Å². The van der Waals surface area contributed by atoms with Crippen LogP contribution in [0.2, 0.25) is 0 Å². The first-order valence-corrected chi connectivity index (χ1v) is 9.09. The van der Waals surface area contributed by atoms with Crippen LogP contribution in [-0.2, 0) is 4.79 Å². The summed E-state index contributed by atoms with van der Waals surface area (Å²) in [4.78, 5) is 24.1. The molecule has 0 atom stereocenters. The van der Waals surface area contributed by atoms with Crippen molar-refractivity contribution in [3.63, 3.8) is 0 Å². The van der Waals surface area contributed by atoms with Gasteiger partial charge in [0.1, 0.15) is 0 Å². The first kappa shape index (κ1) is 16.7. The second-order valence-corrected chi connectivity index (χ2v) is 6.81. The van der Waals surface area contributed by atoms with E-state index >= 15 is 0 Å². The Morgan fingerprint density at radius 1 is 1.04 bits per heavy atom. The molecule has 4 nitrogen and oxygen atoms in total. The predicted octanol–water partition coefficient (Wildman–Crippen LogP) is 4.05. The summed E-state index contributed by atoms with van der Waals surface area (Å²) in [6.45, 7) is 0.685. The summed E-state index contributed by atoms with van der Waals surface area (Å²) in [6.07, 6.45) is 11.3. The Kier molecular flexibility index (Phi) is 5.68. The third-order valence-corrected chi connectivity index (χ3v) is 5.01. The lowest BCUT2D eigenvalue weighted by atomic mass is 9.85. The van der Waals surface area contributed by atoms with Crippen LogP contribution in [0.15, 0.2) is 35.9 Å². The number of carbonyl (C=O) groups is 2. The maximum atomic E-state index is 12.2. The van der Waals surface area contributed by atoms with E-state index in [0.29, 0.717) is 12.1 Å². The van der Waals surface area contributed by atoms with Gasteiger partial charge < -0.3 is 10.6 Å². The quantitative estimate of drug-likeness (QED) is 0.775. The van der Waals surface area contributed by atoms with Crippen molar-refractivity contribution in [3.8, 4) is 0 Å². The van der Waals surface area contributed by atoms with Gasteiger partial charge in [-0.3, -0.25) is 9.59 Å². The number of nitrogens with one attached hydrogen (secondary N) is 2. The summed E-state index contributed by atoms with van der Waals surface area (Å²) in [5.74, 6) is 0.213. The molecule has 0 bridgehead atoms. The zero-order valence-corrected chi connectivity index (χ0v) is 14.1. The van der Waals surface area contributed by atoms with Gasteiger partial charge in [0.2, 0.25) is 5.91 Å². The molecular weight excluding hydrogens is 300 g/mol. The van der Waals surface area contributed by atoms with Gasteiger partial charge in [0, 0.05) is 23.7 Å². The Bertz CT molecular complexity index is 615. The molecule has 24 heavy (non-hydrogen) atoms. The summed E-state index contributed by atoms with van der Waals surface area (Å²) >= 11 is 0. The second kappa shape index (κ2) is 8.13. The monoisotopic (exact) mass is 326 g/mol. The van der Waals surface area contributed by atoms with Gasteiger partial charge in [-0.15, -0.1) is 0 Å². The molecule has 1 aromatic carbocycles. The highest BCUT2D eigenvalue weighted by Gasteiger charge is 2.25. The molecule has 4 heteroatoms. The third-order valence-electron chi connectivity index (χ3n) is 5.01. The summed E-state index contributed by atoms with van der Waals surface area (Å²) < 4.78 is 0. The lowest BCUT2D eigenvalue weighted by Crippen LogP contribution is -2.28. The fourth-order valence-corrected chi connectivity index (χ4v) is 3.19. The molecule has 0 saturated heterocycles. The molecule has 0 radical (unpaired) electrons. The van der Waals surface area contributed by atoms with E-state index in [1.54, 1.807) is 24.3 Å². The van der Waals surface area contributed by atoms with Gasteiger partial charge in [-0.1, -0.05) is 18.1 Å². The Morgan fingerprint density at radius 3 is 2.46 bits per heavy atom. The fourth-order valence-electron chi connectivity index (χ4n) is 3.19. The van der Waals surface area contributed by atoms with Crippen LogP contribution in [0.5, 0.6) is 0 Å². The smallest absolute Gasteiger partial charge is 0.251 e. The molecule has 2 aliphatic carbocycles. The minimum absolute atomic E-state index is 0.0525. The third kappa shape index (κ3) is 4.47. The van der Waals surface area contributed by atoms with Crippen molar-refractivity contribution in [3.05, 3.63) is 41.5 Å². The van der Waals surface area contributed by atoms with Crippen LogP contribution in [-0.4, -0.2) is 18.4 Å². The molecule has 2 amide bonds. The number of anilines is 1. The number of hydrogen-bond donors (Lipinski definition) is 2. The number of allylic oxidation sites excluding steroid dienone is 1. The van der Waals surface area contributed by atoms with E-state index in [1.807, 2.05) is 0 Å². The van der Waals surface area contributed by atoms with E-state index < -0.39 is 0 Å². The molecule has 128 valence electrons. The first-order valence-electron chi connectivity index (χ1n) is 9.09. The maximum Gasteiger partial charge on any atom is 0.251 e. The SMILES string of the molecule is O=C(NCCC1=CCCCC1)c1ccc(NC(=O)C2CCC2)cc1. The molecular formula is C20H26N2O2. The van der Waals surface area contributed by atoms with E-state index in [-0.39, 0.29) is 17.7 Å². The summed E-state index contributed by atoms with van der Waals surface area (Å²) in [6, 6.07) is 7.14. The van der Waals surface area contributed by atoms with Crippen LogP contribution in [0.3, 0.4) is 0 Å². The van der Waals surface area contributed by atoms with Gasteiger partial charge in [0.25, 0.3) is 5.91 Å². The topological polar surface area (TPSA) is 58.2 Å². The number of hydrogen-bond acceptors (Lipinski definition) is 2.